The topological polar surface area (TPSA) is 57.7 Å². The quantitative estimate of drug-likeness (QED) is 0.723. The number of sulfonamides is 1. The highest BCUT2D eigenvalue weighted by Crippen LogP contribution is 2.30. The first-order valence-corrected chi connectivity index (χ1v) is 9.76. The van der Waals surface area contributed by atoms with Gasteiger partial charge in [0.25, 0.3) is 5.91 Å². The number of halogens is 4. The molecule has 0 bridgehead atoms. The molecule has 1 fully saturated rings. The van der Waals surface area contributed by atoms with Gasteiger partial charge < -0.3 is 4.90 Å². The number of nitrogens with zero attached hydrogens (tertiary/aromatic N) is 2. The predicted molar refractivity (Wildman–Crippen MR) is 92.5 cm³/mol. The maximum atomic E-state index is 13.8. The number of hydrogen-bond donors (Lipinski definition) is 0. The predicted octanol–water partition coefficient (Wildman–Crippen LogP) is 2.99. The van der Waals surface area contributed by atoms with E-state index in [1.165, 1.54) is 29.2 Å². The highest BCUT2D eigenvalue weighted by Gasteiger charge is 2.33. The normalized spacial score (nSPS) is 16.2. The van der Waals surface area contributed by atoms with E-state index in [1.54, 1.807) is 0 Å². The molecule has 5 nitrogen and oxygen atoms in total. The van der Waals surface area contributed by atoms with Gasteiger partial charge in [-0.3, -0.25) is 4.79 Å². The monoisotopic (exact) mass is 416 g/mol. The zero-order valence-electron chi connectivity index (χ0n) is 14.5. The van der Waals surface area contributed by atoms with Crippen molar-refractivity contribution in [2.75, 3.05) is 26.2 Å². The van der Waals surface area contributed by atoms with Crippen LogP contribution in [0.5, 0.6) is 0 Å². The van der Waals surface area contributed by atoms with E-state index in [9.17, 15) is 30.8 Å². The molecule has 0 aliphatic carbocycles. The first-order valence-electron chi connectivity index (χ1n) is 8.32. The van der Waals surface area contributed by atoms with Gasteiger partial charge in [-0.25, -0.2) is 12.8 Å². The summed E-state index contributed by atoms with van der Waals surface area (Å²) in [5, 5.41) is 0. The van der Waals surface area contributed by atoms with Gasteiger partial charge >= 0.3 is 6.18 Å². The lowest BCUT2D eigenvalue weighted by molar-refractivity contribution is -0.137. The molecule has 0 radical (unpaired) electrons. The molecule has 1 aliphatic rings. The summed E-state index contributed by atoms with van der Waals surface area (Å²) in [5.74, 6) is -1.20. The Balaban J connectivity index is 1.70. The molecule has 1 saturated heterocycles. The van der Waals surface area contributed by atoms with Crippen molar-refractivity contribution >= 4 is 15.9 Å². The van der Waals surface area contributed by atoms with Gasteiger partial charge in [0.15, 0.2) is 0 Å². The highest BCUT2D eigenvalue weighted by atomic mass is 32.2. The summed E-state index contributed by atoms with van der Waals surface area (Å²) in [5.41, 5.74) is -1.03. The number of carbonyl (C=O) groups excluding carboxylic acids is 1. The fraction of sp³-hybridized carbons (Fsp3) is 0.278. The van der Waals surface area contributed by atoms with Gasteiger partial charge in [0.05, 0.1) is 16.0 Å². The van der Waals surface area contributed by atoms with Gasteiger partial charge in [0, 0.05) is 26.2 Å². The van der Waals surface area contributed by atoms with Gasteiger partial charge in [-0.1, -0.05) is 12.1 Å². The summed E-state index contributed by atoms with van der Waals surface area (Å²) in [6.45, 7) is 0.0210. The van der Waals surface area contributed by atoms with Gasteiger partial charge in [-0.2, -0.15) is 17.5 Å². The molecule has 2 aromatic carbocycles. The molecule has 1 aliphatic heterocycles. The van der Waals surface area contributed by atoms with Crippen molar-refractivity contribution in [3.63, 3.8) is 0 Å². The van der Waals surface area contributed by atoms with Crippen LogP contribution in [-0.2, 0) is 16.2 Å². The van der Waals surface area contributed by atoms with Gasteiger partial charge in [0.1, 0.15) is 5.82 Å². The Labute approximate surface area is 159 Å². The first-order chi connectivity index (χ1) is 13.1. The lowest BCUT2D eigenvalue weighted by atomic mass is 10.1. The number of benzene rings is 2. The van der Waals surface area contributed by atoms with Crippen molar-refractivity contribution in [1.29, 1.82) is 0 Å². The number of rotatable bonds is 3. The van der Waals surface area contributed by atoms with Crippen LogP contribution in [0.3, 0.4) is 0 Å². The summed E-state index contributed by atoms with van der Waals surface area (Å²) in [6.07, 6.45) is -4.55. The summed E-state index contributed by atoms with van der Waals surface area (Å²) in [4.78, 5) is 13.5. The standard InChI is InChI=1S/C18H16F4N2O3S/c19-16-4-2-1-3-15(16)17(25)23-9-11-24(12-10-23)28(26,27)14-7-5-13(6-8-14)18(20,21)22/h1-8H,9-12H2. The molecule has 0 spiro atoms. The van der Waals surface area contributed by atoms with Crippen LogP contribution in [-0.4, -0.2) is 49.7 Å². The molecule has 1 heterocycles. The Bertz CT molecular complexity index is 967. The Morgan fingerprint density at radius 1 is 0.893 bits per heavy atom. The van der Waals surface area contributed by atoms with E-state index in [2.05, 4.69) is 0 Å². The van der Waals surface area contributed by atoms with Crippen molar-refractivity contribution in [2.24, 2.45) is 0 Å². The van der Waals surface area contributed by atoms with Crippen LogP contribution in [0.2, 0.25) is 0 Å². The SMILES string of the molecule is O=C(c1ccccc1F)N1CCN(S(=O)(=O)c2ccc(C(F)(F)F)cc2)CC1. The minimum absolute atomic E-state index is 0.0381. The maximum absolute atomic E-state index is 13.8. The van der Waals surface area contributed by atoms with Crippen molar-refractivity contribution < 1.29 is 30.8 Å². The van der Waals surface area contributed by atoms with Crippen molar-refractivity contribution in [2.45, 2.75) is 11.1 Å². The maximum Gasteiger partial charge on any atom is 0.416 e. The van der Waals surface area contributed by atoms with E-state index in [-0.39, 0.29) is 36.6 Å². The zero-order chi connectivity index (χ0) is 20.5. The van der Waals surface area contributed by atoms with Gasteiger partial charge in [-0.05, 0) is 36.4 Å². The average Bonchev–Trinajstić information content (AvgIpc) is 2.67. The minimum Gasteiger partial charge on any atom is -0.336 e. The Morgan fingerprint density at radius 3 is 2.00 bits per heavy atom. The third-order valence-electron chi connectivity index (χ3n) is 4.45. The molecule has 10 heteroatoms. The average molecular weight is 416 g/mol. The summed E-state index contributed by atoms with van der Waals surface area (Å²) < 4.78 is 78.0. The van der Waals surface area contributed by atoms with Gasteiger partial charge in [-0.15, -0.1) is 0 Å². The molecule has 1 amide bonds. The lowest BCUT2D eigenvalue weighted by Crippen LogP contribution is -2.50. The molecule has 0 saturated carbocycles. The first kappa shape index (κ1) is 20.3. The second kappa shape index (κ2) is 7.51. The number of alkyl halides is 3. The Kier molecular flexibility index (Phi) is 5.44. The number of carbonyl (C=O) groups is 1. The smallest absolute Gasteiger partial charge is 0.336 e. The van der Waals surface area contributed by atoms with Crippen molar-refractivity contribution in [3.8, 4) is 0 Å². The minimum atomic E-state index is -4.55. The van der Waals surface area contributed by atoms with Crippen LogP contribution in [0, 0.1) is 5.82 Å². The molecule has 0 N–H and O–H groups in total. The summed E-state index contributed by atoms with van der Waals surface area (Å²) >= 11 is 0. The number of amides is 1. The van der Waals surface area contributed by atoms with Crippen LogP contribution in [0.15, 0.2) is 53.4 Å². The van der Waals surface area contributed by atoms with Crippen LogP contribution < -0.4 is 0 Å². The van der Waals surface area contributed by atoms with E-state index >= 15 is 0 Å². The fourth-order valence-electron chi connectivity index (χ4n) is 2.90. The van der Waals surface area contributed by atoms with Crippen LogP contribution in [0.4, 0.5) is 17.6 Å². The largest absolute Gasteiger partial charge is 0.416 e. The lowest BCUT2D eigenvalue weighted by Gasteiger charge is -2.34. The highest BCUT2D eigenvalue weighted by molar-refractivity contribution is 7.89. The molecule has 3 rings (SSSR count). The zero-order valence-corrected chi connectivity index (χ0v) is 15.3. The molecule has 0 aromatic heterocycles. The molecule has 0 unspecified atom stereocenters. The van der Waals surface area contributed by atoms with Crippen LogP contribution in [0.25, 0.3) is 0 Å². The van der Waals surface area contributed by atoms with Crippen LogP contribution in [0.1, 0.15) is 15.9 Å². The summed E-state index contributed by atoms with van der Waals surface area (Å²) in [7, 11) is -3.99. The van der Waals surface area contributed by atoms with E-state index in [1.807, 2.05) is 0 Å². The Morgan fingerprint density at radius 2 is 1.46 bits per heavy atom. The molecular formula is C18H16F4N2O3S. The summed E-state index contributed by atoms with van der Waals surface area (Å²) in [6, 6.07) is 8.75. The second-order valence-corrected chi connectivity index (χ2v) is 8.14. The van der Waals surface area contributed by atoms with E-state index in [0.29, 0.717) is 12.1 Å². The third kappa shape index (κ3) is 4.02. The fourth-order valence-corrected chi connectivity index (χ4v) is 4.32. The molecule has 0 atom stereocenters. The molecule has 150 valence electrons. The number of hydrogen-bond acceptors (Lipinski definition) is 3. The molecule has 2 aromatic rings. The number of piperazine rings is 1. The van der Waals surface area contributed by atoms with E-state index in [0.717, 1.165) is 16.4 Å². The van der Waals surface area contributed by atoms with E-state index in [4.69, 9.17) is 0 Å². The van der Waals surface area contributed by atoms with Gasteiger partial charge in [0.2, 0.25) is 10.0 Å². The second-order valence-electron chi connectivity index (χ2n) is 6.20. The molecule has 28 heavy (non-hydrogen) atoms. The van der Waals surface area contributed by atoms with Crippen molar-refractivity contribution in [3.05, 3.63) is 65.5 Å². The molecular weight excluding hydrogens is 400 g/mol. The Hall–Kier alpha value is -2.46. The van der Waals surface area contributed by atoms with E-state index < -0.39 is 33.5 Å². The van der Waals surface area contributed by atoms with Crippen molar-refractivity contribution in [1.82, 2.24) is 9.21 Å². The van der Waals surface area contributed by atoms with Crippen LogP contribution >= 0.6 is 0 Å². The third-order valence-corrected chi connectivity index (χ3v) is 6.36.